The van der Waals surface area contributed by atoms with Crippen LogP contribution in [0.15, 0.2) is 30.3 Å². The largest absolute Gasteiger partial charge is 0.376 e. The Kier molecular flexibility index (Phi) is 3.34. The molecule has 3 heteroatoms. The van der Waals surface area contributed by atoms with Gasteiger partial charge in [0.15, 0.2) is 0 Å². The molecule has 1 aliphatic carbocycles. The monoisotopic (exact) mass is 209 g/mol. The predicted octanol–water partition coefficient (Wildman–Crippen LogP) is 1.89. The van der Waals surface area contributed by atoms with Crippen LogP contribution in [0, 0.1) is 5.92 Å². The summed E-state index contributed by atoms with van der Waals surface area (Å²) in [5.74, 6) is 0.00344. The third-order valence-electron chi connectivity index (χ3n) is 2.88. The normalized spacial score (nSPS) is 29.9. The van der Waals surface area contributed by atoms with Crippen molar-refractivity contribution >= 4 is 0 Å². The van der Waals surface area contributed by atoms with Crippen molar-refractivity contribution < 1.29 is 9.13 Å². The maximum absolute atomic E-state index is 13.1. The fourth-order valence-corrected chi connectivity index (χ4v) is 1.83. The summed E-state index contributed by atoms with van der Waals surface area (Å²) in [5.41, 5.74) is 6.59. The first-order chi connectivity index (χ1) is 7.27. The third kappa shape index (κ3) is 2.55. The second-order valence-corrected chi connectivity index (χ2v) is 4.10. The summed E-state index contributed by atoms with van der Waals surface area (Å²) in [6.45, 7) is 1.03. The number of nitrogens with two attached hydrogens (primary N) is 1. The number of alkyl halides is 1. The molecule has 1 aromatic carbocycles. The van der Waals surface area contributed by atoms with Gasteiger partial charge in [-0.1, -0.05) is 30.3 Å². The summed E-state index contributed by atoms with van der Waals surface area (Å²) in [5, 5.41) is 0. The summed E-state index contributed by atoms with van der Waals surface area (Å²) in [6, 6.07) is 9.63. The highest BCUT2D eigenvalue weighted by molar-refractivity contribution is 5.13. The van der Waals surface area contributed by atoms with Crippen LogP contribution in [0.1, 0.15) is 12.0 Å². The number of benzene rings is 1. The molecule has 82 valence electrons. The second-order valence-electron chi connectivity index (χ2n) is 4.10. The van der Waals surface area contributed by atoms with Crippen molar-refractivity contribution in [2.75, 3.05) is 6.61 Å². The van der Waals surface area contributed by atoms with Gasteiger partial charge in [0.05, 0.1) is 13.2 Å². The van der Waals surface area contributed by atoms with Gasteiger partial charge in [-0.2, -0.15) is 0 Å². The Morgan fingerprint density at radius 1 is 1.33 bits per heavy atom. The smallest absolute Gasteiger partial charge is 0.120 e. The molecule has 2 rings (SSSR count). The minimum atomic E-state index is -0.874. The second kappa shape index (κ2) is 4.73. The molecule has 0 radical (unpaired) electrons. The quantitative estimate of drug-likeness (QED) is 0.821. The minimum absolute atomic E-state index is 0.00344. The minimum Gasteiger partial charge on any atom is -0.376 e. The highest BCUT2D eigenvalue weighted by Crippen LogP contribution is 2.29. The number of hydrogen-bond acceptors (Lipinski definition) is 2. The van der Waals surface area contributed by atoms with Crippen LogP contribution in [0.3, 0.4) is 0 Å². The van der Waals surface area contributed by atoms with Gasteiger partial charge in [0.25, 0.3) is 0 Å². The van der Waals surface area contributed by atoms with Crippen LogP contribution in [-0.2, 0) is 11.3 Å². The maximum Gasteiger partial charge on any atom is 0.120 e. The molecule has 0 heterocycles. The zero-order chi connectivity index (χ0) is 10.7. The van der Waals surface area contributed by atoms with Crippen molar-refractivity contribution in [3.8, 4) is 0 Å². The molecule has 1 fully saturated rings. The first kappa shape index (κ1) is 10.6. The van der Waals surface area contributed by atoms with E-state index < -0.39 is 6.17 Å². The summed E-state index contributed by atoms with van der Waals surface area (Å²) < 4.78 is 18.5. The Morgan fingerprint density at radius 2 is 2.07 bits per heavy atom. The lowest BCUT2D eigenvalue weighted by molar-refractivity contribution is -0.00675. The molecule has 1 unspecified atom stereocenters. The lowest BCUT2D eigenvalue weighted by Gasteiger charge is -2.36. The van der Waals surface area contributed by atoms with Gasteiger partial charge in [0.2, 0.25) is 0 Å². The molecule has 2 nitrogen and oxygen atoms in total. The van der Waals surface area contributed by atoms with Gasteiger partial charge in [-0.05, 0) is 12.0 Å². The van der Waals surface area contributed by atoms with Gasteiger partial charge in [-0.25, -0.2) is 4.39 Å². The van der Waals surface area contributed by atoms with Crippen LogP contribution >= 0.6 is 0 Å². The summed E-state index contributed by atoms with van der Waals surface area (Å²) in [7, 11) is 0. The lowest BCUT2D eigenvalue weighted by Crippen LogP contribution is -2.51. The molecular formula is C12H16FNO. The zero-order valence-electron chi connectivity index (χ0n) is 8.60. The van der Waals surface area contributed by atoms with E-state index in [9.17, 15) is 4.39 Å². The zero-order valence-corrected chi connectivity index (χ0v) is 8.60. The van der Waals surface area contributed by atoms with Gasteiger partial charge < -0.3 is 10.5 Å². The van der Waals surface area contributed by atoms with Crippen LogP contribution in [0.5, 0.6) is 0 Å². The molecule has 0 aromatic heterocycles. The number of ether oxygens (including phenoxy) is 1. The highest BCUT2D eigenvalue weighted by atomic mass is 19.1. The van der Waals surface area contributed by atoms with Gasteiger partial charge in [0, 0.05) is 12.0 Å². The van der Waals surface area contributed by atoms with Crippen LogP contribution < -0.4 is 5.73 Å². The molecule has 0 spiro atoms. The molecule has 0 bridgehead atoms. The molecule has 1 aliphatic rings. The Morgan fingerprint density at radius 3 is 2.67 bits per heavy atom. The van der Waals surface area contributed by atoms with Gasteiger partial charge >= 0.3 is 0 Å². The van der Waals surface area contributed by atoms with Crippen molar-refractivity contribution in [3.63, 3.8) is 0 Å². The van der Waals surface area contributed by atoms with Crippen molar-refractivity contribution in [3.05, 3.63) is 35.9 Å². The molecule has 0 amide bonds. The maximum atomic E-state index is 13.1. The molecule has 2 N–H and O–H groups in total. The third-order valence-corrected chi connectivity index (χ3v) is 2.88. The molecule has 0 aliphatic heterocycles. The Bertz CT molecular complexity index is 304. The first-order valence-electron chi connectivity index (χ1n) is 5.28. The number of rotatable bonds is 4. The molecule has 3 atom stereocenters. The van der Waals surface area contributed by atoms with E-state index in [1.807, 2.05) is 30.3 Å². The van der Waals surface area contributed by atoms with Crippen LogP contribution in [0.2, 0.25) is 0 Å². The number of halogens is 1. The lowest BCUT2D eigenvalue weighted by atomic mass is 9.79. The summed E-state index contributed by atoms with van der Waals surface area (Å²) >= 11 is 0. The average molecular weight is 209 g/mol. The average Bonchev–Trinajstić information content (AvgIpc) is 2.29. The van der Waals surface area contributed by atoms with E-state index in [4.69, 9.17) is 10.5 Å². The van der Waals surface area contributed by atoms with Gasteiger partial charge in [-0.3, -0.25) is 0 Å². The van der Waals surface area contributed by atoms with E-state index in [2.05, 4.69) is 0 Å². The van der Waals surface area contributed by atoms with E-state index in [0.717, 1.165) is 12.0 Å². The Labute approximate surface area is 89.2 Å². The van der Waals surface area contributed by atoms with Crippen LogP contribution in [0.25, 0.3) is 0 Å². The van der Waals surface area contributed by atoms with Crippen molar-refractivity contribution in [2.24, 2.45) is 11.7 Å². The summed E-state index contributed by atoms with van der Waals surface area (Å²) in [4.78, 5) is 0. The topological polar surface area (TPSA) is 35.2 Å². The fraction of sp³-hybridized carbons (Fsp3) is 0.500. The van der Waals surface area contributed by atoms with Crippen LogP contribution in [-0.4, -0.2) is 18.8 Å². The standard InChI is InChI=1S/C12H16FNO/c13-12-10(6-11(12)14)8-15-7-9-4-2-1-3-5-9/h1-5,10-12H,6-8,14H2/t10-,11+,12?/m1/s1. The fourth-order valence-electron chi connectivity index (χ4n) is 1.83. The molecule has 1 saturated carbocycles. The van der Waals surface area contributed by atoms with E-state index >= 15 is 0 Å². The van der Waals surface area contributed by atoms with E-state index in [-0.39, 0.29) is 12.0 Å². The van der Waals surface area contributed by atoms with Crippen molar-refractivity contribution in [2.45, 2.75) is 25.2 Å². The van der Waals surface area contributed by atoms with Gasteiger partial charge in [-0.15, -0.1) is 0 Å². The van der Waals surface area contributed by atoms with Crippen molar-refractivity contribution in [1.82, 2.24) is 0 Å². The highest BCUT2D eigenvalue weighted by Gasteiger charge is 2.38. The van der Waals surface area contributed by atoms with E-state index in [0.29, 0.717) is 13.2 Å². The number of hydrogen-bond donors (Lipinski definition) is 1. The SMILES string of the molecule is N[C@H]1C[C@H](COCc2ccccc2)C1F. The van der Waals surface area contributed by atoms with Crippen LogP contribution in [0.4, 0.5) is 4.39 Å². The van der Waals surface area contributed by atoms with E-state index in [1.165, 1.54) is 0 Å². The summed E-state index contributed by atoms with van der Waals surface area (Å²) in [6.07, 6.45) is -0.128. The van der Waals surface area contributed by atoms with Crippen molar-refractivity contribution in [1.29, 1.82) is 0 Å². The molecule has 15 heavy (non-hydrogen) atoms. The predicted molar refractivity (Wildman–Crippen MR) is 57.1 cm³/mol. The molecule has 0 saturated heterocycles. The van der Waals surface area contributed by atoms with Gasteiger partial charge in [0.1, 0.15) is 6.17 Å². The first-order valence-corrected chi connectivity index (χ1v) is 5.28. The Balaban J connectivity index is 1.68. The molecular weight excluding hydrogens is 193 g/mol. The Hall–Kier alpha value is -0.930. The van der Waals surface area contributed by atoms with E-state index in [1.54, 1.807) is 0 Å². The molecule has 1 aromatic rings.